The van der Waals surface area contributed by atoms with Crippen molar-refractivity contribution in [2.24, 2.45) is 0 Å². The summed E-state index contributed by atoms with van der Waals surface area (Å²) in [7, 11) is 3.97. The zero-order valence-electron chi connectivity index (χ0n) is 24.3. The molecule has 2 unspecified atom stereocenters. The predicted octanol–water partition coefficient (Wildman–Crippen LogP) is 4.95. The van der Waals surface area contributed by atoms with Gasteiger partial charge in [0.2, 0.25) is 0 Å². The lowest BCUT2D eigenvalue weighted by atomic mass is 9.87. The van der Waals surface area contributed by atoms with Crippen LogP contribution in [0.15, 0.2) is 30.5 Å². The molecule has 0 bridgehead atoms. The third kappa shape index (κ3) is 6.38. The summed E-state index contributed by atoms with van der Waals surface area (Å²) in [6.45, 7) is 14.4. The topological polar surface area (TPSA) is 66.9 Å². The molecule has 0 radical (unpaired) electrons. The fourth-order valence-electron chi connectivity index (χ4n) is 5.83. The van der Waals surface area contributed by atoms with Crippen molar-refractivity contribution in [2.75, 3.05) is 45.8 Å². The Hall–Kier alpha value is -2.48. The van der Waals surface area contributed by atoms with Crippen LogP contribution >= 0.6 is 0 Å². The SMILES string of the molecule is COC1COCCC1N(C)C1CCN(C(=O)c2ncc(C)c(NCc3ccc(C(C)(C)C)cc3)c2C)CC1. The highest BCUT2D eigenvalue weighted by Crippen LogP contribution is 2.28. The third-order valence-electron chi connectivity index (χ3n) is 8.43. The fourth-order valence-corrected chi connectivity index (χ4v) is 5.83. The van der Waals surface area contributed by atoms with Gasteiger partial charge in [0, 0.05) is 62.9 Å². The Labute approximate surface area is 228 Å². The number of aryl methyl sites for hydroxylation is 1. The minimum absolute atomic E-state index is 0.0296. The molecule has 1 aromatic heterocycles. The van der Waals surface area contributed by atoms with Gasteiger partial charge in [0.25, 0.3) is 5.91 Å². The number of nitrogens with one attached hydrogen (secondary N) is 1. The molecule has 0 aliphatic carbocycles. The summed E-state index contributed by atoms with van der Waals surface area (Å²) < 4.78 is 11.3. The first-order valence-corrected chi connectivity index (χ1v) is 14.0. The number of ether oxygens (including phenoxy) is 2. The lowest BCUT2D eigenvalue weighted by Crippen LogP contribution is -2.54. The van der Waals surface area contributed by atoms with E-state index in [0.717, 1.165) is 55.8 Å². The van der Waals surface area contributed by atoms with Gasteiger partial charge in [0.15, 0.2) is 0 Å². The van der Waals surface area contributed by atoms with E-state index in [1.165, 1.54) is 11.1 Å². The lowest BCUT2D eigenvalue weighted by Gasteiger charge is -2.44. The second-order valence-electron chi connectivity index (χ2n) is 12.0. The van der Waals surface area contributed by atoms with Gasteiger partial charge in [-0.15, -0.1) is 0 Å². The van der Waals surface area contributed by atoms with Crippen molar-refractivity contribution >= 4 is 11.6 Å². The molecule has 2 fully saturated rings. The van der Waals surface area contributed by atoms with E-state index in [0.29, 0.717) is 30.9 Å². The molecular formula is C31H46N4O3. The Morgan fingerprint density at radius 3 is 2.47 bits per heavy atom. The summed E-state index contributed by atoms with van der Waals surface area (Å²) in [4.78, 5) is 22.6. The number of nitrogens with zero attached hydrogens (tertiary/aromatic N) is 3. The first-order valence-electron chi connectivity index (χ1n) is 14.0. The van der Waals surface area contributed by atoms with Crippen LogP contribution in [0.25, 0.3) is 0 Å². The highest BCUT2D eigenvalue weighted by molar-refractivity contribution is 5.95. The molecule has 1 N–H and O–H groups in total. The van der Waals surface area contributed by atoms with Crippen LogP contribution in [0.2, 0.25) is 0 Å². The molecule has 2 aliphatic rings. The summed E-state index contributed by atoms with van der Waals surface area (Å²) in [5.74, 6) is 0.0296. The molecule has 1 amide bonds. The number of anilines is 1. The Morgan fingerprint density at radius 1 is 1.16 bits per heavy atom. The number of benzene rings is 1. The van der Waals surface area contributed by atoms with Crippen molar-refractivity contribution in [3.8, 4) is 0 Å². The van der Waals surface area contributed by atoms with Gasteiger partial charge in [-0.3, -0.25) is 14.7 Å². The highest BCUT2D eigenvalue weighted by atomic mass is 16.5. The Morgan fingerprint density at radius 2 is 1.84 bits per heavy atom. The van der Waals surface area contributed by atoms with Crippen molar-refractivity contribution in [3.05, 3.63) is 58.4 Å². The number of aromatic nitrogens is 1. The van der Waals surface area contributed by atoms with E-state index >= 15 is 0 Å². The van der Waals surface area contributed by atoms with Crippen LogP contribution in [-0.4, -0.2) is 79.3 Å². The highest BCUT2D eigenvalue weighted by Gasteiger charge is 2.35. The Bertz CT molecular complexity index is 1090. The molecule has 3 heterocycles. The molecular weight excluding hydrogens is 476 g/mol. The van der Waals surface area contributed by atoms with E-state index in [1.54, 1.807) is 7.11 Å². The molecule has 38 heavy (non-hydrogen) atoms. The van der Waals surface area contributed by atoms with Crippen LogP contribution in [0.1, 0.15) is 72.8 Å². The zero-order valence-corrected chi connectivity index (χ0v) is 24.3. The van der Waals surface area contributed by atoms with E-state index in [1.807, 2.05) is 24.9 Å². The van der Waals surface area contributed by atoms with Gasteiger partial charge in [-0.1, -0.05) is 45.0 Å². The van der Waals surface area contributed by atoms with Crippen molar-refractivity contribution in [1.29, 1.82) is 0 Å². The molecule has 7 heteroatoms. The molecule has 2 aliphatic heterocycles. The molecule has 4 rings (SSSR count). The van der Waals surface area contributed by atoms with Crippen LogP contribution in [0.5, 0.6) is 0 Å². The number of hydrogen-bond acceptors (Lipinski definition) is 6. The number of rotatable bonds is 7. The fraction of sp³-hybridized carbons (Fsp3) is 0.613. The quantitative estimate of drug-likeness (QED) is 0.555. The molecule has 2 saturated heterocycles. The van der Waals surface area contributed by atoms with E-state index in [4.69, 9.17) is 9.47 Å². The molecule has 0 spiro atoms. The number of amides is 1. The molecule has 1 aromatic carbocycles. The minimum atomic E-state index is 0.0296. The van der Waals surface area contributed by atoms with Crippen LogP contribution < -0.4 is 5.32 Å². The van der Waals surface area contributed by atoms with Crippen LogP contribution in [-0.2, 0) is 21.4 Å². The summed E-state index contributed by atoms with van der Waals surface area (Å²) in [5, 5.41) is 3.58. The second kappa shape index (κ2) is 12.1. The van der Waals surface area contributed by atoms with Gasteiger partial charge in [0.05, 0.1) is 12.7 Å². The monoisotopic (exact) mass is 522 g/mol. The third-order valence-corrected chi connectivity index (χ3v) is 8.43. The van der Waals surface area contributed by atoms with Crippen molar-refractivity contribution < 1.29 is 14.3 Å². The first kappa shape index (κ1) is 28.5. The number of methoxy groups -OCH3 is 1. The summed E-state index contributed by atoms with van der Waals surface area (Å²) in [6, 6.07) is 9.58. The smallest absolute Gasteiger partial charge is 0.272 e. The predicted molar refractivity (Wildman–Crippen MR) is 153 cm³/mol. The first-order chi connectivity index (χ1) is 18.1. The minimum Gasteiger partial charge on any atom is -0.380 e. The largest absolute Gasteiger partial charge is 0.380 e. The number of likely N-dealkylation sites (tertiary alicyclic amines) is 1. The summed E-state index contributed by atoms with van der Waals surface area (Å²) >= 11 is 0. The van der Waals surface area contributed by atoms with Gasteiger partial charge < -0.3 is 19.7 Å². The molecule has 0 saturated carbocycles. The van der Waals surface area contributed by atoms with Crippen LogP contribution in [0.4, 0.5) is 5.69 Å². The van der Waals surface area contributed by atoms with Crippen molar-refractivity contribution in [2.45, 2.75) is 84.0 Å². The lowest BCUT2D eigenvalue weighted by molar-refractivity contribution is -0.0891. The molecule has 2 aromatic rings. The Balaban J connectivity index is 1.38. The summed E-state index contributed by atoms with van der Waals surface area (Å²) in [6.07, 6.45) is 4.82. The van der Waals surface area contributed by atoms with Gasteiger partial charge in [-0.2, -0.15) is 0 Å². The van der Waals surface area contributed by atoms with Gasteiger partial charge in [-0.05, 0) is 62.3 Å². The molecule has 2 atom stereocenters. The van der Waals surface area contributed by atoms with Gasteiger partial charge in [0.1, 0.15) is 5.69 Å². The number of pyridine rings is 1. The average molecular weight is 523 g/mol. The van der Waals surface area contributed by atoms with Crippen molar-refractivity contribution in [1.82, 2.24) is 14.8 Å². The maximum atomic E-state index is 13.6. The van der Waals surface area contributed by atoms with Gasteiger partial charge in [-0.25, -0.2) is 0 Å². The zero-order chi connectivity index (χ0) is 27.4. The standard InChI is InChI=1S/C31H46N4O3/c1-21-18-32-29(22(2)28(21)33-19-23-8-10-24(11-9-23)31(3,4)5)30(36)35-15-12-25(13-16-35)34(6)26-14-17-38-20-27(26)37-7/h8-11,18,25-27H,12-17,19-20H2,1-7H3,(H,32,33). The van der Waals surface area contributed by atoms with E-state index in [-0.39, 0.29) is 17.4 Å². The second-order valence-corrected chi connectivity index (χ2v) is 12.0. The number of piperidine rings is 1. The summed E-state index contributed by atoms with van der Waals surface area (Å²) in [5.41, 5.74) is 6.21. The maximum Gasteiger partial charge on any atom is 0.272 e. The van der Waals surface area contributed by atoms with Crippen LogP contribution in [0.3, 0.4) is 0 Å². The molecule has 208 valence electrons. The normalized spacial score (nSPS) is 21.1. The van der Waals surface area contributed by atoms with Crippen LogP contribution in [0, 0.1) is 13.8 Å². The van der Waals surface area contributed by atoms with E-state index in [2.05, 4.69) is 67.3 Å². The number of carbonyl (C=O) groups is 1. The van der Waals surface area contributed by atoms with Crippen molar-refractivity contribution in [3.63, 3.8) is 0 Å². The molecule has 7 nitrogen and oxygen atoms in total. The average Bonchev–Trinajstić information content (AvgIpc) is 2.92. The Kier molecular flexibility index (Phi) is 9.11. The van der Waals surface area contributed by atoms with E-state index < -0.39 is 0 Å². The number of carbonyl (C=O) groups excluding carboxylic acids is 1. The van der Waals surface area contributed by atoms with Gasteiger partial charge >= 0.3 is 0 Å². The maximum absolute atomic E-state index is 13.6. The number of hydrogen-bond donors (Lipinski definition) is 1. The van der Waals surface area contributed by atoms with E-state index in [9.17, 15) is 4.79 Å². The number of likely N-dealkylation sites (N-methyl/N-ethyl adjacent to an activating group) is 1.